The van der Waals surface area contributed by atoms with E-state index in [4.69, 9.17) is 5.11 Å². The van der Waals surface area contributed by atoms with Crippen molar-refractivity contribution in [3.05, 3.63) is 0 Å². The van der Waals surface area contributed by atoms with Gasteiger partial charge in [0.05, 0.1) is 0 Å². The Hall–Kier alpha value is -0.220. The molecule has 0 aromatic heterocycles. The van der Waals surface area contributed by atoms with Gasteiger partial charge in [0, 0.05) is 5.75 Å². The molecule has 2 N–H and O–H groups in total. The maximum Gasteiger partial charge on any atom is 0.321 e. The van der Waals surface area contributed by atoms with E-state index >= 15 is 0 Å². The van der Waals surface area contributed by atoms with Gasteiger partial charge in [-0.15, -0.1) is 0 Å². The molecule has 0 spiro atoms. The third-order valence-electron chi connectivity index (χ3n) is 2.65. The third-order valence-corrected chi connectivity index (χ3v) is 3.79. The molecule has 0 rings (SSSR count). The zero-order chi connectivity index (χ0) is 12.9. The van der Waals surface area contributed by atoms with Gasteiger partial charge in [0.25, 0.3) is 0 Å². The summed E-state index contributed by atoms with van der Waals surface area (Å²) in [6.45, 7) is 5.15. The van der Waals surface area contributed by atoms with Crippen LogP contribution in [-0.4, -0.2) is 35.2 Å². The van der Waals surface area contributed by atoms with Crippen LogP contribution in [0.5, 0.6) is 0 Å². The van der Waals surface area contributed by atoms with Gasteiger partial charge in [0.15, 0.2) is 0 Å². The van der Waals surface area contributed by atoms with Gasteiger partial charge >= 0.3 is 5.97 Å². The van der Waals surface area contributed by atoms with Gasteiger partial charge in [-0.3, -0.25) is 4.79 Å². The summed E-state index contributed by atoms with van der Waals surface area (Å²) in [5.41, 5.74) is 0. The van der Waals surface area contributed by atoms with Crippen molar-refractivity contribution in [1.82, 2.24) is 5.32 Å². The van der Waals surface area contributed by atoms with Crippen molar-refractivity contribution < 1.29 is 9.90 Å². The zero-order valence-electron chi connectivity index (χ0n) is 11.2. The molecule has 17 heavy (non-hydrogen) atoms. The van der Waals surface area contributed by atoms with Crippen LogP contribution in [0.25, 0.3) is 0 Å². The van der Waals surface area contributed by atoms with Crippen LogP contribution in [0, 0.1) is 0 Å². The number of nitrogens with one attached hydrogen (secondary N) is 1. The summed E-state index contributed by atoms with van der Waals surface area (Å²) in [5, 5.41) is 12.2. The van der Waals surface area contributed by atoms with E-state index in [1.165, 1.54) is 32.1 Å². The lowest BCUT2D eigenvalue weighted by atomic mass is 10.2. The molecule has 4 heteroatoms. The van der Waals surface area contributed by atoms with Crippen molar-refractivity contribution in [2.45, 2.75) is 58.4 Å². The Kier molecular flexibility index (Phi) is 12.1. The zero-order valence-corrected chi connectivity index (χ0v) is 12.0. The molecule has 0 aliphatic carbocycles. The number of carboxylic acid groups (broad SMARTS) is 1. The molecule has 0 aromatic carbocycles. The molecule has 0 amide bonds. The van der Waals surface area contributed by atoms with Gasteiger partial charge in [-0.2, -0.15) is 11.8 Å². The molecular weight excluding hydrogens is 234 g/mol. The van der Waals surface area contributed by atoms with Gasteiger partial charge in [-0.1, -0.05) is 39.5 Å². The fourth-order valence-corrected chi connectivity index (χ4v) is 2.60. The number of rotatable bonds is 12. The lowest BCUT2D eigenvalue weighted by molar-refractivity contribution is -0.138. The van der Waals surface area contributed by atoms with E-state index in [1.54, 1.807) is 11.8 Å². The molecular formula is C13H27NO2S. The number of hydrogen-bond donors (Lipinski definition) is 2. The van der Waals surface area contributed by atoms with Crippen molar-refractivity contribution in [3.8, 4) is 0 Å². The van der Waals surface area contributed by atoms with Gasteiger partial charge in [0.2, 0.25) is 0 Å². The smallest absolute Gasteiger partial charge is 0.321 e. The van der Waals surface area contributed by atoms with E-state index in [2.05, 4.69) is 19.2 Å². The summed E-state index contributed by atoms with van der Waals surface area (Å²) in [6, 6.07) is -0.376. The lowest BCUT2D eigenvalue weighted by Gasteiger charge is -2.13. The normalized spacial score (nSPS) is 12.6. The molecule has 3 nitrogen and oxygen atoms in total. The Morgan fingerprint density at radius 1 is 1.18 bits per heavy atom. The molecule has 102 valence electrons. The summed E-state index contributed by atoms with van der Waals surface area (Å²) >= 11 is 1.75. The highest BCUT2D eigenvalue weighted by Crippen LogP contribution is 2.08. The fourth-order valence-electron chi connectivity index (χ4n) is 1.52. The second-order valence-corrected chi connectivity index (χ2v) is 5.48. The highest BCUT2D eigenvalue weighted by atomic mass is 32.2. The van der Waals surface area contributed by atoms with E-state index in [0.29, 0.717) is 5.75 Å². The Bertz CT molecular complexity index is 188. The van der Waals surface area contributed by atoms with Crippen LogP contribution >= 0.6 is 11.8 Å². The van der Waals surface area contributed by atoms with Gasteiger partial charge in [-0.25, -0.2) is 0 Å². The quantitative estimate of drug-likeness (QED) is 0.530. The average Bonchev–Trinajstić information content (AvgIpc) is 2.31. The lowest BCUT2D eigenvalue weighted by Crippen LogP contribution is -2.39. The first-order chi connectivity index (χ1) is 8.22. The summed E-state index contributed by atoms with van der Waals surface area (Å²) in [4.78, 5) is 11.0. The second kappa shape index (κ2) is 12.2. The van der Waals surface area contributed by atoms with Crippen molar-refractivity contribution in [1.29, 1.82) is 0 Å². The van der Waals surface area contributed by atoms with Gasteiger partial charge in [-0.05, 0) is 25.1 Å². The van der Waals surface area contributed by atoms with Crippen LogP contribution in [0.2, 0.25) is 0 Å². The molecule has 0 aliphatic rings. The SMILES string of the molecule is CCCCCN[C@@H](CSCCCCC)C(=O)O. The van der Waals surface area contributed by atoms with Crippen molar-refractivity contribution in [2.24, 2.45) is 0 Å². The van der Waals surface area contributed by atoms with Crippen molar-refractivity contribution >= 4 is 17.7 Å². The Balaban J connectivity index is 3.57. The van der Waals surface area contributed by atoms with Crippen LogP contribution in [-0.2, 0) is 4.79 Å². The van der Waals surface area contributed by atoms with Crippen molar-refractivity contribution in [3.63, 3.8) is 0 Å². The van der Waals surface area contributed by atoms with Crippen LogP contribution in [0.15, 0.2) is 0 Å². The van der Waals surface area contributed by atoms with Crippen LogP contribution in [0.4, 0.5) is 0 Å². The number of carboxylic acids is 1. The first kappa shape index (κ1) is 16.8. The first-order valence-electron chi connectivity index (χ1n) is 6.76. The summed E-state index contributed by atoms with van der Waals surface area (Å²) in [7, 11) is 0. The first-order valence-corrected chi connectivity index (χ1v) is 7.91. The molecule has 0 aromatic rings. The number of unbranched alkanes of at least 4 members (excludes halogenated alkanes) is 4. The predicted octanol–water partition coefficient (Wildman–Crippen LogP) is 3.14. The fraction of sp³-hybridized carbons (Fsp3) is 0.923. The maximum atomic E-state index is 11.0. The molecule has 0 radical (unpaired) electrons. The minimum Gasteiger partial charge on any atom is -0.480 e. The van der Waals surface area contributed by atoms with E-state index < -0.39 is 5.97 Å². The molecule has 0 heterocycles. The maximum absolute atomic E-state index is 11.0. The Morgan fingerprint density at radius 2 is 1.82 bits per heavy atom. The number of carbonyl (C=O) groups is 1. The number of hydrogen-bond acceptors (Lipinski definition) is 3. The van der Waals surface area contributed by atoms with E-state index in [9.17, 15) is 4.79 Å². The summed E-state index contributed by atoms with van der Waals surface area (Å²) in [6.07, 6.45) is 7.07. The summed E-state index contributed by atoms with van der Waals surface area (Å²) in [5.74, 6) is 1.05. The third kappa shape index (κ3) is 10.6. The number of thioether (sulfide) groups is 1. The van der Waals surface area contributed by atoms with Crippen LogP contribution in [0.3, 0.4) is 0 Å². The molecule has 0 unspecified atom stereocenters. The second-order valence-electron chi connectivity index (χ2n) is 4.33. The largest absolute Gasteiger partial charge is 0.480 e. The minimum atomic E-state index is -0.718. The standard InChI is InChI=1S/C13H27NO2S/c1-3-5-7-9-14-12(13(15)16)11-17-10-8-6-4-2/h12,14H,3-11H2,1-2H3,(H,15,16)/t12-/m0/s1. The van der Waals surface area contributed by atoms with Gasteiger partial charge < -0.3 is 10.4 Å². The van der Waals surface area contributed by atoms with E-state index in [1.807, 2.05) is 0 Å². The Morgan fingerprint density at radius 3 is 2.41 bits per heavy atom. The van der Waals surface area contributed by atoms with Gasteiger partial charge in [0.1, 0.15) is 6.04 Å². The molecule has 0 aliphatic heterocycles. The average molecular weight is 261 g/mol. The van der Waals surface area contributed by atoms with E-state index in [0.717, 1.165) is 18.7 Å². The molecule has 0 bridgehead atoms. The number of aliphatic carboxylic acids is 1. The molecule has 0 fully saturated rings. The molecule has 0 saturated heterocycles. The monoisotopic (exact) mass is 261 g/mol. The minimum absolute atomic E-state index is 0.376. The van der Waals surface area contributed by atoms with Crippen LogP contribution in [0.1, 0.15) is 52.4 Å². The highest BCUT2D eigenvalue weighted by Gasteiger charge is 2.15. The summed E-state index contributed by atoms with van der Waals surface area (Å²) < 4.78 is 0. The molecule has 1 atom stereocenters. The molecule has 0 saturated carbocycles. The van der Waals surface area contributed by atoms with E-state index in [-0.39, 0.29) is 6.04 Å². The van der Waals surface area contributed by atoms with Crippen LogP contribution < -0.4 is 5.32 Å². The highest BCUT2D eigenvalue weighted by molar-refractivity contribution is 7.99. The Labute approximate surface area is 110 Å². The predicted molar refractivity (Wildman–Crippen MR) is 75.8 cm³/mol. The topological polar surface area (TPSA) is 49.3 Å². The van der Waals surface area contributed by atoms with Crippen molar-refractivity contribution in [2.75, 3.05) is 18.1 Å².